The summed E-state index contributed by atoms with van der Waals surface area (Å²) >= 11 is 11.1. The Hall–Kier alpha value is -0.400. The van der Waals surface area contributed by atoms with Crippen molar-refractivity contribution in [1.82, 2.24) is 0 Å². The smallest absolute Gasteiger partial charge is 0.118 e. The Bertz CT molecular complexity index is 235. The molecule has 0 saturated carbocycles. The summed E-state index contributed by atoms with van der Waals surface area (Å²) in [6.45, 7) is 0. The molecule has 0 saturated heterocycles. The van der Waals surface area contributed by atoms with Gasteiger partial charge >= 0.3 is 0 Å². The normalized spacial score (nSPS) is 10.5. The number of phenols is 1. The number of halogens is 2. The Morgan fingerprint density at radius 2 is 1.91 bits per heavy atom. The van der Waals surface area contributed by atoms with Crippen LogP contribution in [0.15, 0.2) is 24.3 Å². The number of hydrogen-bond acceptors (Lipinski definition) is 1. The molecule has 1 aromatic rings. The molecule has 0 spiro atoms. The minimum Gasteiger partial charge on any atom is -0.508 e. The number of rotatable bonds is 2. The maximum absolute atomic E-state index is 9.24. The lowest BCUT2D eigenvalue weighted by Gasteiger charge is -2.03. The van der Waals surface area contributed by atoms with Crippen LogP contribution < -0.4 is 0 Å². The molecular weight excluding hydrogens is 183 g/mol. The Kier molecular flexibility index (Phi) is 3.03. The fourth-order valence-corrected chi connectivity index (χ4v) is 1.18. The molecule has 3 heteroatoms. The topological polar surface area (TPSA) is 20.2 Å². The van der Waals surface area contributed by atoms with Crippen molar-refractivity contribution in [2.45, 2.75) is 11.3 Å². The third kappa shape index (κ3) is 2.60. The van der Waals surface area contributed by atoms with E-state index in [1.54, 1.807) is 18.2 Å². The summed E-state index contributed by atoms with van der Waals surface area (Å²) in [6, 6.07) is 7.01. The summed E-state index contributed by atoms with van der Waals surface area (Å²) in [6.07, 6.45) is 0.482. The first kappa shape index (κ1) is 8.69. The molecule has 0 heterocycles. The molecule has 0 fully saturated rings. The van der Waals surface area contributed by atoms with Crippen molar-refractivity contribution in [3.8, 4) is 5.75 Å². The van der Waals surface area contributed by atoms with Gasteiger partial charge in [-0.3, -0.25) is 0 Å². The second-order valence-electron chi connectivity index (χ2n) is 2.22. The Balaban J connectivity index is 2.78. The number of para-hydroxylation sites is 1. The van der Waals surface area contributed by atoms with Crippen LogP contribution in [0, 0.1) is 0 Å². The van der Waals surface area contributed by atoms with E-state index >= 15 is 0 Å². The van der Waals surface area contributed by atoms with Gasteiger partial charge in [-0.1, -0.05) is 18.2 Å². The fourth-order valence-electron chi connectivity index (χ4n) is 0.850. The van der Waals surface area contributed by atoms with Crippen molar-refractivity contribution in [3.63, 3.8) is 0 Å². The number of alkyl halides is 2. The molecule has 0 aliphatic carbocycles. The van der Waals surface area contributed by atoms with Crippen LogP contribution in [0.1, 0.15) is 5.56 Å². The standard InChI is InChI=1S/C8H8Cl2O/c9-8(10)5-6-3-1-2-4-7(6)11/h1-4,8,11H,5H2. The highest BCUT2D eigenvalue weighted by Gasteiger charge is 2.04. The lowest BCUT2D eigenvalue weighted by molar-refractivity contribution is 0.468. The Morgan fingerprint density at radius 1 is 1.27 bits per heavy atom. The third-order valence-corrected chi connectivity index (χ3v) is 1.67. The van der Waals surface area contributed by atoms with Crippen LogP contribution in [-0.2, 0) is 6.42 Å². The van der Waals surface area contributed by atoms with E-state index in [9.17, 15) is 5.11 Å². The first-order chi connectivity index (χ1) is 5.20. The SMILES string of the molecule is Oc1ccccc1CC(Cl)Cl. The van der Waals surface area contributed by atoms with Gasteiger partial charge in [-0.15, -0.1) is 23.2 Å². The molecule has 0 unspecified atom stereocenters. The molecule has 0 aromatic heterocycles. The summed E-state index contributed by atoms with van der Waals surface area (Å²) in [4.78, 5) is -0.455. The van der Waals surface area contributed by atoms with E-state index in [0.29, 0.717) is 6.42 Å². The first-order valence-electron chi connectivity index (χ1n) is 3.25. The maximum atomic E-state index is 9.24. The van der Waals surface area contributed by atoms with Crippen LogP contribution >= 0.6 is 23.2 Å². The van der Waals surface area contributed by atoms with Gasteiger partial charge in [-0.05, 0) is 11.6 Å². The largest absolute Gasteiger partial charge is 0.508 e. The summed E-state index contributed by atoms with van der Waals surface area (Å²) in [5, 5.41) is 9.24. The summed E-state index contributed by atoms with van der Waals surface area (Å²) < 4.78 is 0. The summed E-state index contributed by atoms with van der Waals surface area (Å²) in [5.74, 6) is 0.249. The zero-order valence-electron chi connectivity index (χ0n) is 5.80. The van der Waals surface area contributed by atoms with Crippen molar-refractivity contribution >= 4 is 23.2 Å². The van der Waals surface area contributed by atoms with Crippen LogP contribution in [0.4, 0.5) is 0 Å². The van der Waals surface area contributed by atoms with Gasteiger partial charge in [0.1, 0.15) is 10.6 Å². The maximum Gasteiger partial charge on any atom is 0.118 e. The van der Waals surface area contributed by atoms with Crippen LogP contribution in [0.2, 0.25) is 0 Å². The van der Waals surface area contributed by atoms with Crippen LogP contribution in [-0.4, -0.2) is 9.94 Å². The zero-order valence-corrected chi connectivity index (χ0v) is 7.31. The molecule has 1 aromatic carbocycles. The van der Waals surface area contributed by atoms with Crippen LogP contribution in [0.25, 0.3) is 0 Å². The monoisotopic (exact) mass is 190 g/mol. The predicted molar refractivity (Wildman–Crippen MR) is 47.3 cm³/mol. The molecule has 0 amide bonds. The van der Waals surface area contributed by atoms with Crippen molar-refractivity contribution in [3.05, 3.63) is 29.8 Å². The highest BCUT2D eigenvalue weighted by molar-refractivity contribution is 6.44. The molecule has 0 bridgehead atoms. The van der Waals surface area contributed by atoms with Gasteiger partial charge in [0.25, 0.3) is 0 Å². The molecule has 60 valence electrons. The van der Waals surface area contributed by atoms with Crippen molar-refractivity contribution in [2.24, 2.45) is 0 Å². The number of benzene rings is 1. The molecule has 1 nitrogen and oxygen atoms in total. The van der Waals surface area contributed by atoms with Gasteiger partial charge in [0.15, 0.2) is 0 Å². The third-order valence-electron chi connectivity index (χ3n) is 1.37. The summed E-state index contributed by atoms with van der Waals surface area (Å²) in [5.41, 5.74) is 0.780. The quantitative estimate of drug-likeness (QED) is 0.712. The minimum absolute atomic E-state index is 0.249. The summed E-state index contributed by atoms with van der Waals surface area (Å²) in [7, 11) is 0. The van der Waals surface area contributed by atoms with Crippen LogP contribution in [0.5, 0.6) is 5.75 Å². The minimum atomic E-state index is -0.455. The van der Waals surface area contributed by atoms with Gasteiger partial charge < -0.3 is 5.11 Å². The highest BCUT2D eigenvalue weighted by Crippen LogP contribution is 2.20. The van der Waals surface area contributed by atoms with Gasteiger partial charge in [0.2, 0.25) is 0 Å². The molecule has 1 rings (SSSR count). The average molecular weight is 191 g/mol. The van der Waals surface area contributed by atoms with E-state index in [1.807, 2.05) is 6.07 Å². The number of aromatic hydroxyl groups is 1. The first-order valence-corrected chi connectivity index (χ1v) is 4.12. The molecule has 11 heavy (non-hydrogen) atoms. The highest BCUT2D eigenvalue weighted by atomic mass is 35.5. The Labute approximate surface area is 75.6 Å². The van der Waals surface area contributed by atoms with E-state index in [4.69, 9.17) is 23.2 Å². The Morgan fingerprint density at radius 3 is 2.45 bits per heavy atom. The molecular formula is C8H8Cl2O. The van der Waals surface area contributed by atoms with Crippen LogP contribution in [0.3, 0.4) is 0 Å². The van der Waals surface area contributed by atoms with E-state index < -0.39 is 4.84 Å². The second kappa shape index (κ2) is 3.84. The molecule has 0 aliphatic heterocycles. The second-order valence-corrected chi connectivity index (χ2v) is 3.50. The predicted octanol–water partition coefficient (Wildman–Crippen LogP) is 2.74. The van der Waals surface area contributed by atoms with Gasteiger partial charge in [-0.25, -0.2) is 0 Å². The van der Waals surface area contributed by atoms with E-state index in [1.165, 1.54) is 0 Å². The van der Waals surface area contributed by atoms with Gasteiger partial charge in [0, 0.05) is 6.42 Å². The van der Waals surface area contributed by atoms with Crippen molar-refractivity contribution in [2.75, 3.05) is 0 Å². The number of phenolic OH excluding ortho intramolecular Hbond substituents is 1. The van der Waals surface area contributed by atoms with Crippen molar-refractivity contribution in [1.29, 1.82) is 0 Å². The number of hydrogen-bond donors (Lipinski definition) is 1. The fraction of sp³-hybridized carbons (Fsp3) is 0.250. The molecule has 0 aliphatic rings. The lowest BCUT2D eigenvalue weighted by atomic mass is 10.1. The van der Waals surface area contributed by atoms with E-state index in [0.717, 1.165) is 5.56 Å². The average Bonchev–Trinajstić information content (AvgIpc) is 1.93. The van der Waals surface area contributed by atoms with E-state index in [-0.39, 0.29) is 5.75 Å². The van der Waals surface area contributed by atoms with Gasteiger partial charge in [-0.2, -0.15) is 0 Å². The van der Waals surface area contributed by atoms with E-state index in [2.05, 4.69) is 0 Å². The van der Waals surface area contributed by atoms with Crippen molar-refractivity contribution < 1.29 is 5.11 Å². The molecule has 1 N–H and O–H groups in total. The molecule has 0 radical (unpaired) electrons. The van der Waals surface area contributed by atoms with Gasteiger partial charge in [0.05, 0.1) is 0 Å². The zero-order chi connectivity index (χ0) is 8.27. The molecule has 0 atom stereocenters. The lowest BCUT2D eigenvalue weighted by Crippen LogP contribution is -1.93.